The molecule has 0 heterocycles. The summed E-state index contributed by atoms with van der Waals surface area (Å²) in [6.07, 6.45) is 1.91. The molecule has 0 radical (unpaired) electrons. The van der Waals surface area contributed by atoms with Crippen LogP contribution in [0.1, 0.15) is 37.1 Å². The highest BCUT2D eigenvalue weighted by atomic mass is 79.9. The Morgan fingerprint density at radius 1 is 1.29 bits per heavy atom. The first-order valence-electron chi connectivity index (χ1n) is 5.68. The number of hydrogen-bond acceptors (Lipinski definition) is 1. The largest absolute Gasteiger partial charge is 0.497 e. The summed E-state index contributed by atoms with van der Waals surface area (Å²) in [5.74, 6) is -0.748. The molecule has 2 unspecified atom stereocenters. The normalized spacial score (nSPS) is 14.5. The average molecular weight is 307 g/mol. The van der Waals surface area contributed by atoms with Crippen molar-refractivity contribution in [1.82, 2.24) is 0 Å². The maximum Gasteiger partial charge on any atom is 0.134 e. The van der Waals surface area contributed by atoms with Gasteiger partial charge in [0.05, 0.1) is 7.11 Å². The molecule has 0 aliphatic heterocycles. The van der Waals surface area contributed by atoms with Gasteiger partial charge in [-0.2, -0.15) is 0 Å². The number of alkyl halides is 1. The monoisotopic (exact) mass is 306 g/mol. The molecule has 4 heteroatoms. The minimum absolute atomic E-state index is 0.0896. The van der Waals surface area contributed by atoms with E-state index >= 15 is 0 Å². The van der Waals surface area contributed by atoms with Crippen molar-refractivity contribution in [3.8, 4) is 5.75 Å². The highest BCUT2D eigenvalue weighted by Crippen LogP contribution is 2.37. The molecule has 0 amide bonds. The lowest BCUT2D eigenvalue weighted by molar-refractivity contribution is 0.402. The number of benzene rings is 1. The molecule has 96 valence electrons. The van der Waals surface area contributed by atoms with E-state index in [0.717, 1.165) is 12.8 Å². The van der Waals surface area contributed by atoms with Crippen LogP contribution in [0, 0.1) is 17.6 Å². The van der Waals surface area contributed by atoms with E-state index in [1.807, 2.05) is 6.92 Å². The van der Waals surface area contributed by atoms with Gasteiger partial charge >= 0.3 is 0 Å². The second kappa shape index (κ2) is 6.34. The third kappa shape index (κ3) is 3.41. The van der Waals surface area contributed by atoms with Crippen molar-refractivity contribution in [1.29, 1.82) is 0 Å². The molecule has 1 aromatic carbocycles. The lowest BCUT2D eigenvalue weighted by atomic mass is 9.96. The highest BCUT2D eigenvalue weighted by Gasteiger charge is 2.23. The quantitative estimate of drug-likeness (QED) is 0.707. The fourth-order valence-corrected chi connectivity index (χ4v) is 2.53. The molecule has 2 atom stereocenters. The Morgan fingerprint density at radius 2 is 1.82 bits per heavy atom. The predicted octanol–water partition coefficient (Wildman–Crippen LogP) is 4.85. The maximum atomic E-state index is 13.8. The van der Waals surface area contributed by atoms with Crippen LogP contribution in [0.15, 0.2) is 12.1 Å². The molecule has 0 aromatic heterocycles. The Bertz CT molecular complexity index is 359. The van der Waals surface area contributed by atoms with E-state index in [4.69, 9.17) is 4.74 Å². The second-order valence-corrected chi connectivity index (χ2v) is 5.16. The van der Waals surface area contributed by atoms with Crippen LogP contribution in [0.2, 0.25) is 0 Å². The van der Waals surface area contributed by atoms with Crippen LogP contribution in [-0.2, 0) is 0 Å². The van der Waals surface area contributed by atoms with E-state index in [9.17, 15) is 8.78 Å². The first kappa shape index (κ1) is 14.4. The highest BCUT2D eigenvalue weighted by molar-refractivity contribution is 9.09. The summed E-state index contributed by atoms with van der Waals surface area (Å²) in [6, 6.07) is 2.43. The third-order valence-corrected chi connectivity index (χ3v) is 4.17. The molecule has 17 heavy (non-hydrogen) atoms. The zero-order valence-corrected chi connectivity index (χ0v) is 11.9. The van der Waals surface area contributed by atoms with Crippen molar-refractivity contribution in [2.75, 3.05) is 7.11 Å². The van der Waals surface area contributed by atoms with E-state index in [1.54, 1.807) is 0 Å². The molecular weight excluding hydrogens is 290 g/mol. The van der Waals surface area contributed by atoms with Crippen LogP contribution < -0.4 is 4.74 Å². The molecule has 1 rings (SSSR count). The molecule has 1 aromatic rings. The molecule has 0 aliphatic rings. The molecular formula is C13H17BrF2O. The topological polar surface area (TPSA) is 9.23 Å². The SMILES string of the molecule is CCCC(C)C(Br)c1c(F)cc(OC)cc1F. The molecule has 0 bridgehead atoms. The third-order valence-electron chi connectivity index (χ3n) is 2.81. The zero-order chi connectivity index (χ0) is 13.0. The van der Waals surface area contributed by atoms with Gasteiger partial charge in [-0.25, -0.2) is 8.78 Å². The van der Waals surface area contributed by atoms with Gasteiger partial charge in [0.25, 0.3) is 0 Å². The molecule has 0 spiro atoms. The van der Waals surface area contributed by atoms with Gasteiger partial charge in [-0.05, 0) is 12.3 Å². The van der Waals surface area contributed by atoms with Crippen LogP contribution in [0.25, 0.3) is 0 Å². The van der Waals surface area contributed by atoms with Gasteiger partial charge in [-0.15, -0.1) is 0 Å². The number of ether oxygens (including phenoxy) is 1. The molecule has 0 saturated carbocycles. The Hall–Kier alpha value is -0.640. The molecule has 0 aliphatic carbocycles. The molecule has 0 saturated heterocycles. The minimum Gasteiger partial charge on any atom is -0.497 e. The van der Waals surface area contributed by atoms with Crippen LogP contribution >= 0.6 is 15.9 Å². The van der Waals surface area contributed by atoms with Crippen molar-refractivity contribution in [3.05, 3.63) is 29.3 Å². The van der Waals surface area contributed by atoms with E-state index < -0.39 is 11.6 Å². The fourth-order valence-electron chi connectivity index (χ4n) is 1.83. The van der Waals surface area contributed by atoms with Crippen molar-refractivity contribution in [2.45, 2.75) is 31.5 Å². The minimum atomic E-state index is -0.563. The Labute approximate surface area is 109 Å². The summed E-state index contributed by atoms with van der Waals surface area (Å²) in [4.78, 5) is -0.312. The summed E-state index contributed by atoms with van der Waals surface area (Å²) < 4.78 is 32.4. The van der Waals surface area contributed by atoms with Gasteiger partial charge < -0.3 is 4.74 Å². The zero-order valence-electron chi connectivity index (χ0n) is 10.3. The summed E-state index contributed by atoms with van der Waals surface area (Å²) in [5.41, 5.74) is 0.0896. The fraction of sp³-hybridized carbons (Fsp3) is 0.538. The van der Waals surface area contributed by atoms with Crippen molar-refractivity contribution < 1.29 is 13.5 Å². The van der Waals surface area contributed by atoms with Gasteiger partial charge in [0, 0.05) is 22.5 Å². The summed E-state index contributed by atoms with van der Waals surface area (Å²) >= 11 is 3.38. The molecule has 0 N–H and O–H groups in total. The number of rotatable bonds is 5. The van der Waals surface area contributed by atoms with Crippen LogP contribution in [0.4, 0.5) is 8.78 Å². The van der Waals surface area contributed by atoms with Crippen molar-refractivity contribution in [2.24, 2.45) is 5.92 Å². The maximum absolute atomic E-state index is 13.8. The first-order chi connectivity index (χ1) is 8.01. The summed E-state index contributed by atoms with van der Waals surface area (Å²) in [7, 11) is 1.39. The predicted molar refractivity (Wildman–Crippen MR) is 68.7 cm³/mol. The van der Waals surface area contributed by atoms with Crippen LogP contribution in [0.5, 0.6) is 5.75 Å². The van der Waals surface area contributed by atoms with Gasteiger partial charge in [-0.3, -0.25) is 0 Å². The van der Waals surface area contributed by atoms with E-state index in [-0.39, 0.29) is 22.1 Å². The van der Waals surface area contributed by atoms with Crippen LogP contribution in [0.3, 0.4) is 0 Å². The van der Waals surface area contributed by atoms with Gasteiger partial charge in [0.2, 0.25) is 0 Å². The molecule has 1 nitrogen and oxygen atoms in total. The lowest BCUT2D eigenvalue weighted by Crippen LogP contribution is -2.08. The number of halogens is 3. The summed E-state index contributed by atoms with van der Waals surface area (Å²) in [6.45, 7) is 4.03. The van der Waals surface area contributed by atoms with E-state index in [0.29, 0.717) is 0 Å². The van der Waals surface area contributed by atoms with E-state index in [1.165, 1.54) is 19.2 Å². The molecule has 0 fully saturated rings. The number of hydrogen-bond donors (Lipinski definition) is 0. The smallest absolute Gasteiger partial charge is 0.134 e. The van der Waals surface area contributed by atoms with Gasteiger partial charge in [0.1, 0.15) is 17.4 Å². The Kier molecular flexibility index (Phi) is 5.37. The van der Waals surface area contributed by atoms with Gasteiger partial charge in [0.15, 0.2) is 0 Å². The van der Waals surface area contributed by atoms with Gasteiger partial charge in [-0.1, -0.05) is 36.2 Å². The van der Waals surface area contributed by atoms with Crippen molar-refractivity contribution >= 4 is 15.9 Å². The van der Waals surface area contributed by atoms with E-state index in [2.05, 4.69) is 22.9 Å². The second-order valence-electron chi connectivity index (χ2n) is 4.17. The first-order valence-corrected chi connectivity index (χ1v) is 6.59. The Morgan fingerprint density at radius 3 is 2.24 bits per heavy atom. The number of methoxy groups -OCH3 is 1. The average Bonchev–Trinajstić information content (AvgIpc) is 2.28. The van der Waals surface area contributed by atoms with Crippen molar-refractivity contribution in [3.63, 3.8) is 0 Å². The standard InChI is InChI=1S/C13H17BrF2O/c1-4-5-8(2)13(14)12-10(15)6-9(17-3)7-11(12)16/h6-8,13H,4-5H2,1-3H3. The Balaban J connectivity index is 3.05. The summed E-state index contributed by atoms with van der Waals surface area (Å²) in [5, 5.41) is 0. The lowest BCUT2D eigenvalue weighted by Gasteiger charge is -2.19. The van der Waals surface area contributed by atoms with Crippen LogP contribution in [-0.4, -0.2) is 7.11 Å².